The third-order valence-electron chi connectivity index (χ3n) is 12.2. The normalized spacial score (nSPS) is 20.7. The van der Waals surface area contributed by atoms with Crippen molar-refractivity contribution >= 4 is 5.91 Å². The van der Waals surface area contributed by atoms with E-state index in [0.29, 0.717) is 6.42 Å². The SMILES string of the molecule is CCCCCCC/C=C/CC/C=C/C(O)C(COC1OC(CO)C(O)C(O)C1O)NC(=O)CCCCCCCCCCCCCCCCC/C=C\CCCCCCCCCC. The first kappa shape index (κ1) is 57.4. The Balaban J connectivity index is 2.19. The van der Waals surface area contributed by atoms with Crippen molar-refractivity contribution in [3.05, 3.63) is 36.5 Å². The molecule has 6 N–H and O–H groups in total. The Bertz CT molecular complexity index is 1050. The van der Waals surface area contributed by atoms with E-state index in [4.69, 9.17) is 9.47 Å². The van der Waals surface area contributed by atoms with E-state index in [-0.39, 0.29) is 12.5 Å². The number of hydrogen-bond donors (Lipinski definition) is 6. The Hall–Kier alpha value is -1.59. The van der Waals surface area contributed by atoms with E-state index in [9.17, 15) is 30.3 Å². The summed E-state index contributed by atoms with van der Waals surface area (Å²) in [6.45, 7) is 3.74. The summed E-state index contributed by atoms with van der Waals surface area (Å²) in [7, 11) is 0. The van der Waals surface area contributed by atoms with E-state index in [1.54, 1.807) is 6.08 Å². The molecular formula is C52H97NO8. The number of amides is 1. The van der Waals surface area contributed by atoms with Crippen molar-refractivity contribution in [1.82, 2.24) is 5.32 Å². The van der Waals surface area contributed by atoms with Crippen LogP contribution in [0.1, 0.15) is 232 Å². The molecule has 61 heavy (non-hydrogen) atoms. The number of allylic oxidation sites excluding steroid dienone is 5. The third kappa shape index (κ3) is 32.7. The molecule has 0 aliphatic carbocycles. The molecule has 1 aliphatic rings. The van der Waals surface area contributed by atoms with Gasteiger partial charge in [0.2, 0.25) is 5.91 Å². The molecule has 7 atom stereocenters. The van der Waals surface area contributed by atoms with Crippen LogP contribution in [0.3, 0.4) is 0 Å². The van der Waals surface area contributed by atoms with Crippen LogP contribution in [0.5, 0.6) is 0 Å². The smallest absolute Gasteiger partial charge is 0.220 e. The number of carbonyl (C=O) groups is 1. The number of aliphatic hydroxyl groups excluding tert-OH is 5. The second kappa shape index (κ2) is 42.4. The minimum absolute atomic E-state index is 0.187. The van der Waals surface area contributed by atoms with Crippen LogP contribution in [-0.4, -0.2) is 87.5 Å². The minimum atomic E-state index is -1.57. The van der Waals surface area contributed by atoms with Crippen LogP contribution in [0, 0.1) is 0 Å². The fourth-order valence-corrected chi connectivity index (χ4v) is 8.05. The zero-order chi connectivity index (χ0) is 44.4. The fourth-order valence-electron chi connectivity index (χ4n) is 8.05. The van der Waals surface area contributed by atoms with Crippen LogP contribution < -0.4 is 5.32 Å². The quantitative estimate of drug-likeness (QED) is 0.0262. The summed E-state index contributed by atoms with van der Waals surface area (Å²) in [6, 6.07) is -0.818. The lowest BCUT2D eigenvalue weighted by Gasteiger charge is -2.40. The van der Waals surface area contributed by atoms with E-state index in [1.165, 1.54) is 173 Å². The van der Waals surface area contributed by atoms with Crippen LogP contribution in [0.25, 0.3) is 0 Å². The van der Waals surface area contributed by atoms with Crippen molar-refractivity contribution in [3.8, 4) is 0 Å². The standard InChI is InChI=1S/C52H97NO8/c1-3-5-7-9-11-13-15-16-17-18-19-20-21-22-23-24-25-26-27-28-29-30-32-34-36-38-40-42-48(56)53-45(44-60-52-51(59)50(58)49(57)47(43-54)61-52)46(55)41-39-37-35-33-31-14-12-10-8-6-4-2/h18-19,31,33,39,41,45-47,49-52,54-55,57-59H,3-17,20-30,32,34-38,40,42-44H2,1-2H3,(H,53,56)/b19-18-,33-31+,41-39+. The summed E-state index contributed by atoms with van der Waals surface area (Å²) < 4.78 is 11.2. The third-order valence-corrected chi connectivity index (χ3v) is 12.2. The van der Waals surface area contributed by atoms with E-state index in [0.717, 1.165) is 38.5 Å². The Morgan fingerprint density at radius 2 is 0.934 bits per heavy atom. The van der Waals surface area contributed by atoms with Gasteiger partial charge < -0.3 is 40.3 Å². The number of aliphatic hydroxyl groups is 5. The molecule has 0 bridgehead atoms. The molecule has 1 rings (SSSR count). The first-order valence-electron chi connectivity index (χ1n) is 25.7. The van der Waals surface area contributed by atoms with E-state index >= 15 is 0 Å². The fraction of sp³-hybridized carbons (Fsp3) is 0.865. The van der Waals surface area contributed by atoms with Crippen molar-refractivity contribution in [1.29, 1.82) is 0 Å². The Morgan fingerprint density at radius 1 is 0.541 bits per heavy atom. The highest BCUT2D eigenvalue weighted by Crippen LogP contribution is 2.23. The largest absolute Gasteiger partial charge is 0.394 e. The highest BCUT2D eigenvalue weighted by molar-refractivity contribution is 5.76. The van der Waals surface area contributed by atoms with Gasteiger partial charge in [-0.2, -0.15) is 0 Å². The monoisotopic (exact) mass is 864 g/mol. The van der Waals surface area contributed by atoms with Gasteiger partial charge in [0.25, 0.3) is 0 Å². The average molecular weight is 864 g/mol. The molecule has 1 aliphatic heterocycles. The molecule has 0 spiro atoms. The van der Waals surface area contributed by atoms with E-state index < -0.39 is 49.5 Å². The van der Waals surface area contributed by atoms with Gasteiger partial charge in [0, 0.05) is 6.42 Å². The van der Waals surface area contributed by atoms with Gasteiger partial charge in [-0.05, 0) is 57.8 Å². The summed E-state index contributed by atoms with van der Waals surface area (Å²) in [5.41, 5.74) is 0. The van der Waals surface area contributed by atoms with Crippen LogP contribution in [0.4, 0.5) is 0 Å². The van der Waals surface area contributed by atoms with Crippen LogP contribution in [0.2, 0.25) is 0 Å². The molecule has 7 unspecified atom stereocenters. The van der Waals surface area contributed by atoms with Crippen molar-refractivity contribution < 1.29 is 39.8 Å². The lowest BCUT2D eigenvalue weighted by atomic mass is 9.99. The Morgan fingerprint density at radius 3 is 1.38 bits per heavy atom. The van der Waals surface area contributed by atoms with Gasteiger partial charge in [-0.15, -0.1) is 0 Å². The highest BCUT2D eigenvalue weighted by Gasteiger charge is 2.44. The first-order chi connectivity index (χ1) is 29.8. The maximum Gasteiger partial charge on any atom is 0.220 e. The van der Waals surface area contributed by atoms with Crippen molar-refractivity contribution in [2.45, 2.75) is 275 Å². The lowest BCUT2D eigenvalue weighted by Crippen LogP contribution is -2.60. The number of unbranched alkanes of at least 4 members (excludes halogenated alkanes) is 29. The maximum absolute atomic E-state index is 13.0. The van der Waals surface area contributed by atoms with Crippen molar-refractivity contribution in [3.63, 3.8) is 0 Å². The predicted molar refractivity (Wildman–Crippen MR) is 253 cm³/mol. The van der Waals surface area contributed by atoms with Crippen molar-refractivity contribution in [2.75, 3.05) is 13.2 Å². The topological polar surface area (TPSA) is 149 Å². The molecule has 1 fully saturated rings. The second-order valence-corrected chi connectivity index (χ2v) is 18.0. The predicted octanol–water partition coefficient (Wildman–Crippen LogP) is 11.6. The number of nitrogens with one attached hydrogen (secondary N) is 1. The molecule has 1 heterocycles. The summed E-state index contributed by atoms with van der Waals surface area (Å²) in [5.74, 6) is -0.187. The molecule has 9 heteroatoms. The minimum Gasteiger partial charge on any atom is -0.394 e. The average Bonchev–Trinajstić information content (AvgIpc) is 3.26. The zero-order valence-electron chi connectivity index (χ0n) is 39.4. The second-order valence-electron chi connectivity index (χ2n) is 18.0. The Kier molecular flexibility index (Phi) is 39.9. The number of ether oxygens (including phenoxy) is 2. The molecule has 0 saturated carbocycles. The molecule has 1 saturated heterocycles. The van der Waals surface area contributed by atoms with Gasteiger partial charge in [-0.3, -0.25) is 4.79 Å². The van der Waals surface area contributed by atoms with Crippen LogP contribution >= 0.6 is 0 Å². The first-order valence-corrected chi connectivity index (χ1v) is 25.7. The van der Waals surface area contributed by atoms with Crippen LogP contribution in [0.15, 0.2) is 36.5 Å². The molecule has 358 valence electrons. The maximum atomic E-state index is 13.0. The van der Waals surface area contributed by atoms with Gasteiger partial charge in [0.15, 0.2) is 6.29 Å². The summed E-state index contributed by atoms with van der Waals surface area (Å²) in [5, 5.41) is 54.2. The molecule has 0 aromatic rings. The molecule has 0 aromatic carbocycles. The Labute approximate surface area is 374 Å². The number of rotatable bonds is 43. The van der Waals surface area contributed by atoms with Gasteiger partial charge in [0.05, 0.1) is 25.4 Å². The number of hydrogen-bond acceptors (Lipinski definition) is 8. The van der Waals surface area contributed by atoms with Gasteiger partial charge in [-0.25, -0.2) is 0 Å². The molecule has 1 amide bonds. The molecule has 0 aromatic heterocycles. The van der Waals surface area contributed by atoms with Gasteiger partial charge in [0.1, 0.15) is 24.4 Å². The molecule has 9 nitrogen and oxygen atoms in total. The highest BCUT2D eigenvalue weighted by atomic mass is 16.7. The molecular weight excluding hydrogens is 767 g/mol. The zero-order valence-corrected chi connectivity index (χ0v) is 39.4. The van der Waals surface area contributed by atoms with Crippen LogP contribution in [-0.2, 0) is 14.3 Å². The lowest BCUT2D eigenvalue weighted by molar-refractivity contribution is -0.302. The van der Waals surface area contributed by atoms with E-state index in [2.05, 4.69) is 43.5 Å². The van der Waals surface area contributed by atoms with Gasteiger partial charge in [-0.1, -0.05) is 204 Å². The van der Waals surface area contributed by atoms with Gasteiger partial charge >= 0.3 is 0 Å². The van der Waals surface area contributed by atoms with E-state index in [1.807, 2.05) is 6.08 Å². The summed E-state index contributed by atoms with van der Waals surface area (Å²) in [4.78, 5) is 13.0. The summed E-state index contributed by atoms with van der Waals surface area (Å²) in [6.07, 6.45) is 46.5. The summed E-state index contributed by atoms with van der Waals surface area (Å²) >= 11 is 0. The molecule has 0 radical (unpaired) electrons. The van der Waals surface area contributed by atoms with Crippen molar-refractivity contribution in [2.24, 2.45) is 0 Å². The number of carbonyl (C=O) groups excluding carboxylic acids is 1.